The van der Waals surface area contributed by atoms with Crippen molar-refractivity contribution in [3.63, 3.8) is 0 Å². The predicted octanol–water partition coefficient (Wildman–Crippen LogP) is 4.22. The molecule has 0 bridgehead atoms. The average Bonchev–Trinajstić information content (AvgIpc) is 2.64. The lowest BCUT2D eigenvalue weighted by Crippen LogP contribution is -2.30. The molecule has 0 saturated heterocycles. The topological polar surface area (TPSA) is 67.4 Å². The van der Waals surface area contributed by atoms with Gasteiger partial charge in [-0.25, -0.2) is 14.0 Å². The van der Waals surface area contributed by atoms with E-state index in [0.29, 0.717) is 17.8 Å². The number of nitrogens with one attached hydrogen (secondary N) is 2. The Bertz CT molecular complexity index is 766. The minimum Gasteiger partial charge on any atom is -0.465 e. The van der Waals surface area contributed by atoms with Crippen molar-refractivity contribution in [2.75, 3.05) is 24.7 Å². The first-order valence-electron chi connectivity index (χ1n) is 8.12. The number of amides is 2. The first-order valence-corrected chi connectivity index (χ1v) is 9.10. The molecule has 0 spiro atoms. The molecule has 138 valence electrons. The number of rotatable bonds is 7. The summed E-state index contributed by atoms with van der Waals surface area (Å²) in [5.41, 5.74) is 1.79. The maximum atomic E-state index is 12.8. The van der Waals surface area contributed by atoms with E-state index in [9.17, 15) is 14.0 Å². The van der Waals surface area contributed by atoms with Gasteiger partial charge in [-0.1, -0.05) is 6.07 Å². The van der Waals surface area contributed by atoms with E-state index in [0.717, 1.165) is 22.6 Å². The summed E-state index contributed by atoms with van der Waals surface area (Å²) in [5, 5.41) is 5.51. The maximum Gasteiger partial charge on any atom is 0.337 e. The summed E-state index contributed by atoms with van der Waals surface area (Å²) in [6, 6.07) is 11.0. The molecule has 0 aliphatic carbocycles. The van der Waals surface area contributed by atoms with Crippen LogP contribution < -0.4 is 10.6 Å². The van der Waals surface area contributed by atoms with Gasteiger partial charge in [-0.2, -0.15) is 0 Å². The third-order valence-electron chi connectivity index (χ3n) is 3.60. The Kier molecular flexibility index (Phi) is 7.47. The molecule has 0 fully saturated rings. The molecule has 0 aliphatic heterocycles. The SMILES string of the molecule is COC(=O)c1ccc(C)c(NC(=O)NCCCSc2ccc(F)cc2)c1. The largest absolute Gasteiger partial charge is 0.465 e. The zero-order valence-corrected chi connectivity index (χ0v) is 15.5. The number of urea groups is 1. The Morgan fingerprint density at radius 3 is 2.58 bits per heavy atom. The molecule has 2 rings (SSSR count). The first-order chi connectivity index (χ1) is 12.5. The molecule has 2 N–H and O–H groups in total. The van der Waals surface area contributed by atoms with Crippen LogP contribution in [0.2, 0.25) is 0 Å². The summed E-state index contributed by atoms with van der Waals surface area (Å²) in [4.78, 5) is 24.6. The summed E-state index contributed by atoms with van der Waals surface area (Å²) in [6.45, 7) is 2.35. The number of benzene rings is 2. The number of esters is 1. The Labute approximate surface area is 156 Å². The summed E-state index contributed by atoms with van der Waals surface area (Å²) in [6.07, 6.45) is 0.774. The van der Waals surface area contributed by atoms with Crippen LogP contribution in [-0.2, 0) is 4.74 Å². The van der Waals surface area contributed by atoms with Gasteiger partial charge in [-0.3, -0.25) is 0 Å². The van der Waals surface area contributed by atoms with E-state index in [4.69, 9.17) is 0 Å². The van der Waals surface area contributed by atoms with Crippen molar-refractivity contribution in [2.45, 2.75) is 18.2 Å². The molecule has 0 aromatic heterocycles. The maximum absolute atomic E-state index is 12.8. The molecule has 0 radical (unpaired) electrons. The molecular formula is C19H21FN2O3S. The molecule has 2 aromatic carbocycles. The van der Waals surface area contributed by atoms with Crippen LogP contribution in [0.5, 0.6) is 0 Å². The van der Waals surface area contributed by atoms with Crippen molar-refractivity contribution in [3.05, 3.63) is 59.4 Å². The zero-order valence-electron chi connectivity index (χ0n) is 14.7. The fourth-order valence-corrected chi connectivity index (χ4v) is 3.02. The van der Waals surface area contributed by atoms with E-state index in [1.807, 2.05) is 6.92 Å². The third kappa shape index (κ3) is 6.07. The van der Waals surface area contributed by atoms with Crippen LogP contribution in [0.15, 0.2) is 47.4 Å². The Morgan fingerprint density at radius 2 is 1.88 bits per heavy atom. The van der Waals surface area contributed by atoms with E-state index in [1.54, 1.807) is 42.1 Å². The van der Waals surface area contributed by atoms with E-state index in [2.05, 4.69) is 15.4 Å². The van der Waals surface area contributed by atoms with Gasteiger partial charge in [0.25, 0.3) is 0 Å². The first kappa shape index (κ1) is 19.8. The highest BCUT2D eigenvalue weighted by molar-refractivity contribution is 7.99. The lowest BCUT2D eigenvalue weighted by atomic mass is 10.1. The number of carbonyl (C=O) groups is 2. The minimum atomic E-state index is -0.453. The van der Waals surface area contributed by atoms with Gasteiger partial charge in [-0.05, 0) is 61.1 Å². The van der Waals surface area contributed by atoms with Crippen LogP contribution in [-0.4, -0.2) is 31.4 Å². The highest BCUT2D eigenvalue weighted by Gasteiger charge is 2.10. The van der Waals surface area contributed by atoms with Gasteiger partial charge in [0, 0.05) is 17.1 Å². The van der Waals surface area contributed by atoms with Gasteiger partial charge in [0.1, 0.15) is 5.82 Å². The highest BCUT2D eigenvalue weighted by atomic mass is 32.2. The molecule has 0 aliphatic rings. The van der Waals surface area contributed by atoms with Crippen LogP contribution in [0, 0.1) is 12.7 Å². The molecule has 0 atom stereocenters. The van der Waals surface area contributed by atoms with Gasteiger partial charge >= 0.3 is 12.0 Å². The van der Waals surface area contributed by atoms with Crippen molar-refractivity contribution >= 4 is 29.4 Å². The van der Waals surface area contributed by atoms with E-state index in [1.165, 1.54) is 19.2 Å². The molecule has 26 heavy (non-hydrogen) atoms. The molecule has 5 nitrogen and oxygen atoms in total. The number of hydrogen-bond acceptors (Lipinski definition) is 4. The smallest absolute Gasteiger partial charge is 0.337 e. The van der Waals surface area contributed by atoms with E-state index < -0.39 is 5.97 Å². The van der Waals surface area contributed by atoms with Gasteiger partial charge in [0.05, 0.1) is 12.7 Å². The number of aryl methyl sites for hydroxylation is 1. The molecule has 7 heteroatoms. The van der Waals surface area contributed by atoms with Gasteiger partial charge < -0.3 is 15.4 Å². The number of hydrogen-bond donors (Lipinski definition) is 2. The molecule has 0 unspecified atom stereocenters. The monoisotopic (exact) mass is 376 g/mol. The number of methoxy groups -OCH3 is 1. The van der Waals surface area contributed by atoms with Crippen molar-refractivity contribution in [1.82, 2.24) is 5.32 Å². The summed E-state index contributed by atoms with van der Waals surface area (Å²) >= 11 is 1.61. The minimum absolute atomic E-state index is 0.251. The van der Waals surface area contributed by atoms with E-state index in [-0.39, 0.29) is 11.8 Å². The molecule has 0 saturated carbocycles. The number of thioether (sulfide) groups is 1. The highest BCUT2D eigenvalue weighted by Crippen LogP contribution is 2.19. The third-order valence-corrected chi connectivity index (χ3v) is 4.69. The molecular weight excluding hydrogens is 355 g/mol. The summed E-state index contributed by atoms with van der Waals surface area (Å²) < 4.78 is 17.5. The second-order valence-electron chi connectivity index (χ2n) is 5.56. The number of halogens is 1. The van der Waals surface area contributed by atoms with Gasteiger partial charge in [0.2, 0.25) is 0 Å². The predicted molar refractivity (Wildman–Crippen MR) is 101 cm³/mol. The van der Waals surface area contributed by atoms with Crippen LogP contribution in [0.3, 0.4) is 0 Å². The Balaban J connectivity index is 1.75. The number of carbonyl (C=O) groups excluding carboxylic acids is 2. The van der Waals surface area contributed by atoms with Crippen LogP contribution in [0.1, 0.15) is 22.3 Å². The van der Waals surface area contributed by atoms with Crippen molar-refractivity contribution in [3.8, 4) is 0 Å². The van der Waals surface area contributed by atoms with Crippen LogP contribution in [0.25, 0.3) is 0 Å². The molecule has 2 amide bonds. The van der Waals surface area contributed by atoms with Crippen LogP contribution >= 0.6 is 11.8 Å². The fraction of sp³-hybridized carbons (Fsp3) is 0.263. The number of ether oxygens (including phenoxy) is 1. The second kappa shape index (κ2) is 9.82. The van der Waals surface area contributed by atoms with Crippen LogP contribution in [0.4, 0.5) is 14.9 Å². The standard InChI is InChI=1S/C19H21FN2O3S/c1-13-4-5-14(18(23)25-2)12-17(13)22-19(24)21-10-3-11-26-16-8-6-15(20)7-9-16/h4-9,12H,3,10-11H2,1-2H3,(H2,21,22,24). The lowest BCUT2D eigenvalue weighted by molar-refractivity contribution is 0.0600. The second-order valence-corrected chi connectivity index (χ2v) is 6.73. The molecule has 0 heterocycles. The fourth-order valence-electron chi connectivity index (χ4n) is 2.16. The average molecular weight is 376 g/mol. The molecule has 2 aromatic rings. The van der Waals surface area contributed by atoms with Gasteiger partial charge in [0.15, 0.2) is 0 Å². The van der Waals surface area contributed by atoms with Crippen molar-refractivity contribution in [2.24, 2.45) is 0 Å². The Hall–Kier alpha value is -2.54. The van der Waals surface area contributed by atoms with Gasteiger partial charge in [-0.15, -0.1) is 11.8 Å². The summed E-state index contributed by atoms with van der Waals surface area (Å²) in [5.74, 6) is 0.105. The zero-order chi connectivity index (χ0) is 18.9. The quantitative estimate of drug-likeness (QED) is 0.431. The van der Waals surface area contributed by atoms with Crippen molar-refractivity contribution in [1.29, 1.82) is 0 Å². The van der Waals surface area contributed by atoms with E-state index >= 15 is 0 Å². The Morgan fingerprint density at radius 1 is 1.15 bits per heavy atom. The summed E-state index contributed by atoms with van der Waals surface area (Å²) in [7, 11) is 1.31. The van der Waals surface area contributed by atoms with Crippen molar-refractivity contribution < 1.29 is 18.7 Å². The normalized spacial score (nSPS) is 10.3. The number of anilines is 1. The lowest BCUT2D eigenvalue weighted by Gasteiger charge is -2.11.